The van der Waals surface area contributed by atoms with Crippen molar-refractivity contribution < 1.29 is 4.79 Å². The van der Waals surface area contributed by atoms with Crippen LogP contribution in [0.25, 0.3) is 0 Å². The molecule has 1 aliphatic rings. The summed E-state index contributed by atoms with van der Waals surface area (Å²) in [6.07, 6.45) is 5.22. The normalized spacial score (nSPS) is 14.0. The van der Waals surface area contributed by atoms with Crippen molar-refractivity contribution in [1.29, 1.82) is 0 Å². The summed E-state index contributed by atoms with van der Waals surface area (Å²) in [7, 11) is 0. The van der Waals surface area contributed by atoms with Gasteiger partial charge in [-0.3, -0.25) is 9.78 Å². The predicted molar refractivity (Wildman–Crippen MR) is 115 cm³/mol. The molecular formula is C22H24N6O. The van der Waals surface area contributed by atoms with E-state index < -0.39 is 0 Å². The number of amides is 1. The van der Waals surface area contributed by atoms with Gasteiger partial charge in [0.05, 0.1) is 0 Å². The van der Waals surface area contributed by atoms with Crippen LogP contribution in [0.15, 0.2) is 55.0 Å². The number of nitrogens with zero attached hydrogens (tertiary/aromatic N) is 5. The number of anilines is 3. The van der Waals surface area contributed by atoms with Crippen molar-refractivity contribution >= 4 is 23.2 Å². The number of hydrogen-bond donors (Lipinski definition) is 1. The number of aryl methyl sites for hydroxylation is 2. The smallest absolute Gasteiger partial charge is 0.274 e. The van der Waals surface area contributed by atoms with E-state index in [-0.39, 0.29) is 5.91 Å². The summed E-state index contributed by atoms with van der Waals surface area (Å²) in [5, 5.41) is 2.97. The monoisotopic (exact) mass is 388 g/mol. The molecule has 148 valence electrons. The summed E-state index contributed by atoms with van der Waals surface area (Å²) in [5.74, 6) is 0.561. The minimum absolute atomic E-state index is 0.199. The zero-order chi connectivity index (χ0) is 20.2. The van der Waals surface area contributed by atoms with Crippen molar-refractivity contribution in [3.8, 4) is 0 Å². The third kappa shape index (κ3) is 4.34. The maximum absolute atomic E-state index is 12.7. The lowest BCUT2D eigenvalue weighted by Gasteiger charge is -2.36. The van der Waals surface area contributed by atoms with Gasteiger partial charge in [-0.05, 0) is 43.7 Å². The van der Waals surface area contributed by atoms with Gasteiger partial charge in [0.25, 0.3) is 5.91 Å². The zero-order valence-electron chi connectivity index (χ0n) is 16.7. The Bertz CT molecular complexity index is 999. The van der Waals surface area contributed by atoms with E-state index in [1.165, 1.54) is 5.56 Å². The number of nitrogens with one attached hydrogen (secondary N) is 1. The zero-order valence-corrected chi connectivity index (χ0v) is 16.7. The predicted octanol–water partition coefficient (Wildman–Crippen LogP) is 3.07. The van der Waals surface area contributed by atoms with Gasteiger partial charge in [-0.1, -0.05) is 17.7 Å². The van der Waals surface area contributed by atoms with E-state index >= 15 is 0 Å². The highest BCUT2D eigenvalue weighted by atomic mass is 16.1. The topological polar surface area (TPSA) is 74.2 Å². The number of hydrogen-bond acceptors (Lipinski definition) is 6. The van der Waals surface area contributed by atoms with Gasteiger partial charge in [0.1, 0.15) is 5.69 Å². The molecule has 1 amide bonds. The summed E-state index contributed by atoms with van der Waals surface area (Å²) in [6.45, 7) is 7.35. The molecule has 4 rings (SSSR count). The fourth-order valence-electron chi connectivity index (χ4n) is 3.50. The Kier molecular flexibility index (Phi) is 5.37. The lowest BCUT2D eigenvalue weighted by molar-refractivity contribution is 0.102. The minimum atomic E-state index is -0.199. The quantitative estimate of drug-likeness (QED) is 0.740. The minimum Gasteiger partial charge on any atom is -0.368 e. The molecule has 3 aromatic rings. The Labute approximate surface area is 170 Å². The van der Waals surface area contributed by atoms with Gasteiger partial charge in [-0.2, -0.15) is 0 Å². The number of piperazine rings is 1. The summed E-state index contributed by atoms with van der Waals surface area (Å²) < 4.78 is 0. The van der Waals surface area contributed by atoms with Crippen molar-refractivity contribution in [3.05, 3.63) is 71.8 Å². The molecule has 0 unspecified atom stereocenters. The number of pyridine rings is 1. The van der Waals surface area contributed by atoms with E-state index in [4.69, 9.17) is 0 Å². The fraction of sp³-hybridized carbons (Fsp3) is 0.273. The van der Waals surface area contributed by atoms with Gasteiger partial charge >= 0.3 is 0 Å². The number of rotatable bonds is 4. The number of benzene rings is 1. The average molecular weight is 388 g/mol. The van der Waals surface area contributed by atoms with Gasteiger partial charge in [0.15, 0.2) is 0 Å². The molecule has 0 bridgehead atoms. The third-order valence-electron chi connectivity index (χ3n) is 5.09. The van der Waals surface area contributed by atoms with Crippen LogP contribution < -0.4 is 15.1 Å². The van der Waals surface area contributed by atoms with Crippen LogP contribution in [-0.4, -0.2) is 47.0 Å². The summed E-state index contributed by atoms with van der Waals surface area (Å²) in [4.78, 5) is 30.1. The van der Waals surface area contributed by atoms with Crippen molar-refractivity contribution in [1.82, 2.24) is 15.0 Å². The number of aromatic nitrogens is 3. The first-order chi connectivity index (χ1) is 14.1. The Morgan fingerprint density at radius 2 is 1.62 bits per heavy atom. The number of carbonyl (C=O) groups excluding carboxylic acids is 1. The third-order valence-corrected chi connectivity index (χ3v) is 5.09. The van der Waals surface area contributed by atoms with E-state index in [2.05, 4.69) is 36.1 Å². The maximum Gasteiger partial charge on any atom is 0.274 e. The van der Waals surface area contributed by atoms with E-state index in [0.717, 1.165) is 49.1 Å². The van der Waals surface area contributed by atoms with Gasteiger partial charge < -0.3 is 15.1 Å². The van der Waals surface area contributed by atoms with Crippen LogP contribution in [0.2, 0.25) is 0 Å². The molecule has 29 heavy (non-hydrogen) atoms. The first-order valence-corrected chi connectivity index (χ1v) is 9.72. The van der Waals surface area contributed by atoms with Crippen LogP contribution >= 0.6 is 0 Å². The van der Waals surface area contributed by atoms with E-state index in [1.807, 2.05) is 44.2 Å². The van der Waals surface area contributed by atoms with Crippen molar-refractivity contribution in [2.75, 3.05) is 41.3 Å². The second kappa shape index (κ2) is 8.26. The van der Waals surface area contributed by atoms with E-state index in [9.17, 15) is 4.79 Å². The highest BCUT2D eigenvalue weighted by molar-refractivity contribution is 6.03. The molecule has 1 N–H and O–H groups in total. The van der Waals surface area contributed by atoms with Crippen molar-refractivity contribution in [3.63, 3.8) is 0 Å². The van der Waals surface area contributed by atoms with Crippen LogP contribution in [0.3, 0.4) is 0 Å². The molecule has 0 aliphatic carbocycles. The van der Waals surface area contributed by atoms with Gasteiger partial charge in [-0.15, -0.1) is 0 Å². The van der Waals surface area contributed by atoms with Crippen LogP contribution in [0, 0.1) is 13.8 Å². The molecule has 7 nitrogen and oxygen atoms in total. The Morgan fingerprint density at radius 3 is 2.34 bits per heavy atom. The Balaban J connectivity index is 1.43. The Hall–Kier alpha value is -3.48. The van der Waals surface area contributed by atoms with Crippen LogP contribution in [-0.2, 0) is 0 Å². The van der Waals surface area contributed by atoms with Crippen LogP contribution in [0.4, 0.5) is 17.3 Å². The highest BCUT2D eigenvalue weighted by Crippen LogP contribution is 2.20. The lowest BCUT2D eigenvalue weighted by Crippen LogP contribution is -2.47. The maximum atomic E-state index is 12.7. The second-order valence-electron chi connectivity index (χ2n) is 7.19. The standard InChI is InChI=1S/C22H24N6O/c1-16-4-5-19(17(2)14-16)26-21(29)20-15-18(6-9-23-20)27-10-12-28(13-11-27)22-24-7-3-8-25-22/h3-9,14-15H,10-13H2,1-2H3,(H,26,29). The molecular weight excluding hydrogens is 364 g/mol. The summed E-state index contributed by atoms with van der Waals surface area (Å²) in [6, 6.07) is 11.6. The molecule has 0 saturated carbocycles. The second-order valence-corrected chi connectivity index (χ2v) is 7.19. The van der Waals surface area contributed by atoms with Gasteiger partial charge in [0.2, 0.25) is 5.95 Å². The molecule has 1 saturated heterocycles. The van der Waals surface area contributed by atoms with Crippen molar-refractivity contribution in [2.45, 2.75) is 13.8 Å². The molecule has 2 aromatic heterocycles. The largest absolute Gasteiger partial charge is 0.368 e. The SMILES string of the molecule is Cc1ccc(NC(=O)c2cc(N3CCN(c4ncccn4)CC3)ccn2)c(C)c1. The molecule has 1 aromatic carbocycles. The molecule has 1 aliphatic heterocycles. The molecule has 0 spiro atoms. The fourth-order valence-corrected chi connectivity index (χ4v) is 3.50. The molecule has 1 fully saturated rings. The Morgan fingerprint density at radius 1 is 0.897 bits per heavy atom. The van der Waals surface area contributed by atoms with Crippen molar-refractivity contribution in [2.24, 2.45) is 0 Å². The average Bonchev–Trinajstić information content (AvgIpc) is 2.76. The lowest BCUT2D eigenvalue weighted by atomic mass is 10.1. The van der Waals surface area contributed by atoms with Gasteiger partial charge in [-0.25, -0.2) is 9.97 Å². The first kappa shape index (κ1) is 18.9. The number of carbonyl (C=O) groups is 1. The molecule has 3 heterocycles. The first-order valence-electron chi connectivity index (χ1n) is 9.72. The molecule has 7 heteroatoms. The molecule has 0 radical (unpaired) electrons. The van der Waals surface area contributed by atoms with Gasteiger partial charge in [0, 0.05) is 56.1 Å². The van der Waals surface area contributed by atoms with E-state index in [0.29, 0.717) is 5.69 Å². The van der Waals surface area contributed by atoms with E-state index in [1.54, 1.807) is 18.6 Å². The summed E-state index contributed by atoms with van der Waals surface area (Å²) >= 11 is 0. The molecule has 0 atom stereocenters. The highest BCUT2D eigenvalue weighted by Gasteiger charge is 2.20. The van der Waals surface area contributed by atoms with Crippen LogP contribution in [0.1, 0.15) is 21.6 Å². The van der Waals surface area contributed by atoms with Crippen LogP contribution in [0.5, 0.6) is 0 Å². The summed E-state index contributed by atoms with van der Waals surface area (Å²) in [5.41, 5.74) is 4.43.